The van der Waals surface area contributed by atoms with Gasteiger partial charge in [-0.2, -0.15) is 20.4 Å². The number of azo groups is 2. The summed E-state index contributed by atoms with van der Waals surface area (Å²) in [5, 5.41) is 93.5. The monoisotopic (exact) mass is 884 g/mol. The summed E-state index contributed by atoms with van der Waals surface area (Å²) in [6.07, 6.45) is 0. The van der Waals surface area contributed by atoms with E-state index in [0.29, 0.717) is 35.6 Å². The van der Waals surface area contributed by atoms with Crippen molar-refractivity contribution in [1.29, 1.82) is 0 Å². The Morgan fingerprint density at radius 3 is 1.17 bits per heavy atom. The summed E-state index contributed by atoms with van der Waals surface area (Å²) in [5.41, 5.74) is -2.56. The number of para-hydroxylation sites is 2. The molecule has 0 atom stereocenters. The van der Waals surface area contributed by atoms with E-state index in [9.17, 15) is 66.6 Å². The van der Waals surface area contributed by atoms with Gasteiger partial charge in [0.15, 0.2) is 0 Å². The van der Waals surface area contributed by atoms with Crippen molar-refractivity contribution < 1.29 is 73.6 Å². The second-order valence-corrected chi connectivity index (χ2v) is 14.1. The maximum Gasteiger partial charge on any atom is 3.00 e. The Kier molecular flexibility index (Phi) is 13.3. The molecule has 0 fully saturated rings. The Hall–Kier alpha value is -7.15. The molecule has 0 saturated carbocycles. The van der Waals surface area contributed by atoms with E-state index in [4.69, 9.17) is 0 Å². The third-order valence-corrected chi connectivity index (χ3v) is 9.18. The molecule has 0 amide bonds. The molecule has 0 N–H and O–H groups in total. The molecular weight excluding hydrogens is 865 g/mol. The number of rotatable bonds is 10. The van der Waals surface area contributed by atoms with Gasteiger partial charge in [-0.3, -0.25) is 20.2 Å². The fourth-order valence-electron chi connectivity index (χ4n) is 4.80. The molecule has 1 radical (unpaired) electrons. The molecule has 59 heavy (non-hydrogen) atoms. The fraction of sp³-hybridized carbons (Fsp3) is 0.0625. The van der Waals surface area contributed by atoms with Crippen LogP contribution in [0.2, 0.25) is 0 Å². The quantitative estimate of drug-likeness (QED) is 0.0825. The molecule has 0 aliphatic rings. The summed E-state index contributed by atoms with van der Waals surface area (Å²) in [4.78, 5) is 17.3. The smallest absolute Gasteiger partial charge is 0.870 e. The van der Waals surface area contributed by atoms with Gasteiger partial charge >= 0.3 is 17.4 Å². The van der Waals surface area contributed by atoms with E-state index < -0.39 is 85.9 Å². The number of nitrogens with zero attached hydrogens (tertiary/aromatic N) is 10. The van der Waals surface area contributed by atoms with Crippen molar-refractivity contribution in [2.24, 2.45) is 20.5 Å². The zero-order valence-electron chi connectivity index (χ0n) is 29.5. The van der Waals surface area contributed by atoms with E-state index in [2.05, 4.69) is 30.7 Å². The maximum atomic E-state index is 12.5. The molecule has 2 aromatic heterocycles. The van der Waals surface area contributed by atoms with Gasteiger partial charge in [-0.15, -0.1) is 10.2 Å². The van der Waals surface area contributed by atoms with Crippen molar-refractivity contribution in [1.82, 2.24) is 19.6 Å². The number of hydrogen-bond donors (Lipinski definition) is 0. The number of hydrogen-bond acceptors (Lipinski definition) is 20. The number of nitro benzene ring substituents is 2. The van der Waals surface area contributed by atoms with Crippen LogP contribution in [0.25, 0.3) is 11.4 Å². The SMILES string of the molecule is Cc1nn(-c2ccccc2)c([O-])c1N=Nc1cc([N+](=O)[O-])cc(S(=O)(=O)[O-])c1[O-].Cc1nn(-c2ccccc2)c([O-])c1N=Nc1cc([N+](=O)[O-])cc(S(=O)(=O)[O-])c1[O-].[Cr+3]. The van der Waals surface area contributed by atoms with Gasteiger partial charge in [0.25, 0.3) is 11.4 Å². The Morgan fingerprint density at radius 2 is 0.881 bits per heavy atom. The van der Waals surface area contributed by atoms with Gasteiger partial charge in [0.1, 0.15) is 31.6 Å². The molecule has 0 aliphatic carbocycles. The Bertz CT molecular complexity index is 2680. The zero-order chi connectivity index (χ0) is 42.7. The van der Waals surface area contributed by atoms with Crippen LogP contribution in [0.1, 0.15) is 11.4 Å². The van der Waals surface area contributed by atoms with Gasteiger partial charge in [0, 0.05) is 36.0 Å². The third-order valence-electron chi connectivity index (χ3n) is 7.49. The summed E-state index contributed by atoms with van der Waals surface area (Å²) in [5.74, 6) is -4.08. The number of non-ortho nitro benzene ring substituents is 2. The van der Waals surface area contributed by atoms with E-state index in [0.717, 1.165) is 9.36 Å². The van der Waals surface area contributed by atoms with Crippen LogP contribution in [0, 0.1) is 34.1 Å². The second-order valence-electron chi connectivity index (χ2n) is 11.4. The average molecular weight is 885 g/mol. The molecule has 4 aromatic carbocycles. The van der Waals surface area contributed by atoms with Crippen LogP contribution in [0.4, 0.5) is 34.1 Å². The van der Waals surface area contributed by atoms with Crippen LogP contribution in [0.3, 0.4) is 0 Å². The molecular formula is C32H20CrN10O14S2-3. The van der Waals surface area contributed by atoms with Gasteiger partial charge in [-0.05, 0) is 38.1 Å². The minimum atomic E-state index is -5.29. The van der Waals surface area contributed by atoms with Crippen LogP contribution in [0.5, 0.6) is 23.3 Å². The topological polar surface area (TPSA) is 378 Å². The van der Waals surface area contributed by atoms with Crippen LogP contribution < -0.4 is 20.4 Å². The summed E-state index contributed by atoms with van der Waals surface area (Å²) in [7, 11) is -10.6. The molecule has 0 spiro atoms. The largest absolute Gasteiger partial charge is 3.00 e. The molecule has 0 bridgehead atoms. The van der Waals surface area contributed by atoms with Crippen LogP contribution in [0.15, 0.2) is 115 Å². The molecule has 303 valence electrons. The van der Waals surface area contributed by atoms with Gasteiger partial charge in [0.2, 0.25) is 0 Å². The Morgan fingerprint density at radius 1 is 0.559 bits per heavy atom. The zero-order valence-corrected chi connectivity index (χ0v) is 32.4. The fourth-order valence-corrected chi connectivity index (χ4v) is 5.99. The number of aromatic nitrogens is 4. The summed E-state index contributed by atoms with van der Waals surface area (Å²) in [6, 6.07) is 18.7. The maximum absolute atomic E-state index is 12.5. The van der Waals surface area contributed by atoms with Gasteiger partial charge in [-0.1, -0.05) is 47.9 Å². The first-order valence-electron chi connectivity index (χ1n) is 15.6. The molecule has 0 unspecified atom stereocenters. The predicted molar refractivity (Wildman–Crippen MR) is 185 cm³/mol. The second kappa shape index (κ2) is 17.6. The normalized spacial score (nSPS) is 11.6. The minimum absolute atomic E-state index is 0. The summed E-state index contributed by atoms with van der Waals surface area (Å²) < 4.78 is 69.3. The van der Waals surface area contributed by atoms with E-state index in [-0.39, 0.29) is 40.1 Å². The molecule has 6 rings (SSSR count). The standard InChI is InChI=1S/2C16H13N5O7S.Cr/c2*1-9-14(16(23)20(19-9)10-5-3-2-4-6-10)18-17-12-7-11(21(24)25)8-13(15(12)22)29(26,27)28;/h2*2-8,22-23H,1H3,(H,26,27,28);/q;;+3/p-6. The number of nitro groups is 2. The predicted octanol–water partition coefficient (Wildman–Crippen LogP) is 3.11. The first kappa shape index (κ1) is 44.6. The average Bonchev–Trinajstić information content (AvgIpc) is 3.61. The van der Waals surface area contributed by atoms with Crippen molar-refractivity contribution >= 4 is 54.4 Å². The van der Waals surface area contributed by atoms with E-state index in [1.807, 2.05) is 0 Å². The molecule has 6 aromatic rings. The third kappa shape index (κ3) is 9.88. The molecule has 0 saturated heterocycles. The van der Waals surface area contributed by atoms with E-state index in [1.165, 1.54) is 13.8 Å². The van der Waals surface area contributed by atoms with Crippen molar-refractivity contribution in [2.75, 3.05) is 0 Å². The van der Waals surface area contributed by atoms with Crippen molar-refractivity contribution in [2.45, 2.75) is 23.6 Å². The van der Waals surface area contributed by atoms with E-state index >= 15 is 0 Å². The minimum Gasteiger partial charge on any atom is -0.870 e. The van der Waals surface area contributed by atoms with Crippen LogP contribution in [-0.2, 0) is 37.6 Å². The molecule has 24 nitrogen and oxygen atoms in total. The van der Waals surface area contributed by atoms with Gasteiger partial charge < -0.3 is 29.5 Å². The molecule has 27 heteroatoms. The van der Waals surface area contributed by atoms with Crippen LogP contribution in [-0.4, -0.2) is 55.3 Å². The Balaban J connectivity index is 0.000000256. The van der Waals surface area contributed by atoms with Gasteiger partial charge in [0.05, 0.1) is 53.8 Å². The first-order chi connectivity index (χ1) is 27.2. The number of aryl methyl sites for hydroxylation is 2. The van der Waals surface area contributed by atoms with Crippen molar-refractivity contribution in [3.8, 4) is 34.6 Å². The van der Waals surface area contributed by atoms with Crippen LogP contribution >= 0.6 is 0 Å². The number of benzene rings is 4. The van der Waals surface area contributed by atoms with Gasteiger partial charge in [-0.25, -0.2) is 26.2 Å². The summed E-state index contributed by atoms with van der Waals surface area (Å²) >= 11 is 0. The van der Waals surface area contributed by atoms with Crippen molar-refractivity contribution in [3.63, 3.8) is 0 Å². The first-order valence-corrected chi connectivity index (χ1v) is 18.4. The molecule has 0 aliphatic heterocycles. The summed E-state index contributed by atoms with van der Waals surface area (Å²) in [6.45, 7) is 2.91. The Labute approximate surface area is 341 Å². The van der Waals surface area contributed by atoms with E-state index in [1.54, 1.807) is 60.7 Å². The molecule has 2 heterocycles. The van der Waals surface area contributed by atoms with Crippen molar-refractivity contribution in [3.05, 3.63) is 117 Å².